The molecule has 1 saturated heterocycles. The third kappa shape index (κ3) is 2.43. The molecule has 1 heterocycles. The van der Waals surface area contributed by atoms with Crippen molar-refractivity contribution < 1.29 is 9.47 Å². The summed E-state index contributed by atoms with van der Waals surface area (Å²) in [5, 5.41) is 3.24. The minimum Gasteiger partial charge on any atom is -0.349 e. The van der Waals surface area contributed by atoms with Gasteiger partial charge in [0.2, 0.25) is 0 Å². The molecule has 1 fully saturated rings. The fraction of sp³-hybridized carbons (Fsp3) is 0.538. The van der Waals surface area contributed by atoms with Crippen molar-refractivity contribution in [3.05, 3.63) is 35.9 Å². The lowest BCUT2D eigenvalue weighted by molar-refractivity contribution is -0.284. The first-order valence-electron chi connectivity index (χ1n) is 5.66. The average Bonchev–Trinajstić information content (AvgIpc) is 2.29. The Hall–Kier alpha value is -0.900. The minimum atomic E-state index is -0.506. The van der Waals surface area contributed by atoms with Crippen molar-refractivity contribution >= 4 is 0 Å². The highest BCUT2D eigenvalue weighted by Crippen LogP contribution is 2.32. The second-order valence-electron chi connectivity index (χ2n) is 4.56. The standard InChI is InChI=1S/C13H19NO2/c1-13(2)15-9-11(14-3)12(16-13)10-7-5-4-6-8-10/h4-8,11-12,14H,9H2,1-3H3/t11-,12-/m1/s1. The zero-order valence-corrected chi connectivity index (χ0v) is 10.1. The highest BCUT2D eigenvalue weighted by atomic mass is 16.7. The van der Waals surface area contributed by atoms with Crippen LogP contribution in [-0.4, -0.2) is 25.5 Å². The Morgan fingerprint density at radius 1 is 1.25 bits per heavy atom. The Balaban J connectivity index is 2.22. The number of nitrogens with one attached hydrogen (secondary N) is 1. The summed E-state index contributed by atoms with van der Waals surface area (Å²) in [7, 11) is 1.94. The van der Waals surface area contributed by atoms with Gasteiger partial charge in [0.25, 0.3) is 0 Å². The van der Waals surface area contributed by atoms with Crippen molar-refractivity contribution in [2.45, 2.75) is 31.8 Å². The summed E-state index contributed by atoms with van der Waals surface area (Å²) in [5.41, 5.74) is 1.19. The lowest BCUT2D eigenvalue weighted by atomic mass is 10.0. The van der Waals surface area contributed by atoms with E-state index in [1.807, 2.05) is 39.1 Å². The third-order valence-corrected chi connectivity index (χ3v) is 2.89. The molecule has 1 aliphatic heterocycles. The zero-order valence-electron chi connectivity index (χ0n) is 10.1. The quantitative estimate of drug-likeness (QED) is 0.829. The Morgan fingerprint density at radius 2 is 1.94 bits per heavy atom. The molecule has 0 radical (unpaired) electrons. The van der Waals surface area contributed by atoms with Crippen molar-refractivity contribution in [3.8, 4) is 0 Å². The summed E-state index contributed by atoms with van der Waals surface area (Å²) in [4.78, 5) is 0. The predicted molar refractivity (Wildman–Crippen MR) is 63.1 cm³/mol. The van der Waals surface area contributed by atoms with E-state index in [9.17, 15) is 0 Å². The summed E-state index contributed by atoms with van der Waals surface area (Å²) in [6.07, 6.45) is 0.0509. The van der Waals surface area contributed by atoms with Crippen molar-refractivity contribution in [2.24, 2.45) is 0 Å². The lowest BCUT2D eigenvalue weighted by Crippen LogP contribution is -2.49. The Bertz CT molecular complexity index is 337. The van der Waals surface area contributed by atoms with Gasteiger partial charge in [0.1, 0.15) is 6.10 Å². The van der Waals surface area contributed by atoms with E-state index in [0.717, 1.165) is 0 Å². The molecule has 0 bridgehead atoms. The Kier molecular flexibility index (Phi) is 3.28. The molecule has 0 aliphatic carbocycles. The largest absolute Gasteiger partial charge is 0.349 e. The van der Waals surface area contributed by atoms with Gasteiger partial charge in [-0.25, -0.2) is 0 Å². The molecule has 3 heteroatoms. The average molecular weight is 221 g/mol. The van der Waals surface area contributed by atoms with Gasteiger partial charge in [0, 0.05) is 0 Å². The molecule has 0 spiro atoms. The molecule has 0 unspecified atom stereocenters. The van der Waals surface area contributed by atoms with Crippen LogP contribution in [0, 0.1) is 0 Å². The fourth-order valence-corrected chi connectivity index (χ4v) is 1.98. The molecule has 2 atom stereocenters. The van der Waals surface area contributed by atoms with E-state index >= 15 is 0 Å². The van der Waals surface area contributed by atoms with Gasteiger partial charge >= 0.3 is 0 Å². The molecule has 2 rings (SSSR count). The first-order chi connectivity index (χ1) is 7.62. The maximum atomic E-state index is 5.98. The molecule has 3 nitrogen and oxygen atoms in total. The molecule has 0 saturated carbocycles. The number of benzene rings is 1. The summed E-state index contributed by atoms with van der Waals surface area (Å²) >= 11 is 0. The lowest BCUT2D eigenvalue weighted by Gasteiger charge is -2.41. The number of hydrogen-bond donors (Lipinski definition) is 1. The van der Waals surface area contributed by atoms with Crippen molar-refractivity contribution in [2.75, 3.05) is 13.7 Å². The van der Waals surface area contributed by atoms with E-state index in [2.05, 4.69) is 17.4 Å². The Labute approximate surface area is 96.8 Å². The van der Waals surface area contributed by atoms with Gasteiger partial charge in [0.15, 0.2) is 5.79 Å². The first kappa shape index (κ1) is 11.6. The highest BCUT2D eigenvalue weighted by molar-refractivity contribution is 5.19. The molecule has 1 N–H and O–H groups in total. The summed E-state index contributed by atoms with van der Waals surface area (Å²) in [5.74, 6) is -0.506. The van der Waals surface area contributed by atoms with Gasteiger partial charge < -0.3 is 14.8 Å². The van der Waals surface area contributed by atoms with Crippen LogP contribution in [0.1, 0.15) is 25.5 Å². The van der Waals surface area contributed by atoms with E-state index in [1.54, 1.807) is 0 Å². The highest BCUT2D eigenvalue weighted by Gasteiger charge is 2.36. The molecule has 1 aromatic rings. The van der Waals surface area contributed by atoms with Crippen molar-refractivity contribution in [1.29, 1.82) is 0 Å². The first-order valence-corrected chi connectivity index (χ1v) is 5.66. The van der Waals surface area contributed by atoms with E-state index in [0.29, 0.717) is 6.61 Å². The number of ether oxygens (including phenoxy) is 2. The van der Waals surface area contributed by atoms with Crippen LogP contribution in [0.2, 0.25) is 0 Å². The van der Waals surface area contributed by atoms with Crippen LogP contribution in [0.3, 0.4) is 0 Å². The van der Waals surface area contributed by atoms with E-state index < -0.39 is 5.79 Å². The van der Waals surface area contributed by atoms with Gasteiger partial charge in [-0.3, -0.25) is 0 Å². The van der Waals surface area contributed by atoms with Crippen LogP contribution in [0.5, 0.6) is 0 Å². The molecule has 88 valence electrons. The monoisotopic (exact) mass is 221 g/mol. The van der Waals surface area contributed by atoms with Gasteiger partial charge in [-0.2, -0.15) is 0 Å². The van der Waals surface area contributed by atoms with Gasteiger partial charge in [-0.1, -0.05) is 30.3 Å². The summed E-state index contributed by atoms with van der Waals surface area (Å²) in [6.45, 7) is 4.58. The number of rotatable bonds is 2. The van der Waals surface area contributed by atoms with Crippen LogP contribution >= 0.6 is 0 Å². The van der Waals surface area contributed by atoms with Crippen LogP contribution in [-0.2, 0) is 9.47 Å². The normalized spacial score (nSPS) is 28.9. The molecular weight excluding hydrogens is 202 g/mol. The molecule has 0 amide bonds. The van der Waals surface area contributed by atoms with Gasteiger partial charge in [0.05, 0.1) is 12.6 Å². The second-order valence-corrected chi connectivity index (χ2v) is 4.56. The summed E-state index contributed by atoms with van der Waals surface area (Å²) < 4.78 is 11.6. The predicted octanol–water partition coefficient (Wildman–Crippen LogP) is 2.10. The van der Waals surface area contributed by atoms with E-state index in [-0.39, 0.29) is 12.1 Å². The SMILES string of the molecule is CN[C@@H]1COC(C)(C)O[C@@H]1c1ccccc1. The second kappa shape index (κ2) is 4.53. The van der Waals surface area contributed by atoms with Crippen LogP contribution < -0.4 is 5.32 Å². The number of hydrogen-bond acceptors (Lipinski definition) is 3. The van der Waals surface area contributed by atoms with E-state index in [4.69, 9.17) is 9.47 Å². The Morgan fingerprint density at radius 3 is 2.56 bits per heavy atom. The molecular formula is C13H19NO2. The minimum absolute atomic E-state index is 0.0509. The number of likely N-dealkylation sites (N-methyl/N-ethyl adjacent to an activating group) is 1. The maximum absolute atomic E-state index is 5.98. The fourth-order valence-electron chi connectivity index (χ4n) is 1.98. The van der Waals surface area contributed by atoms with Crippen molar-refractivity contribution in [3.63, 3.8) is 0 Å². The maximum Gasteiger partial charge on any atom is 0.163 e. The van der Waals surface area contributed by atoms with Crippen LogP contribution in [0.4, 0.5) is 0 Å². The topological polar surface area (TPSA) is 30.5 Å². The van der Waals surface area contributed by atoms with Crippen LogP contribution in [0.15, 0.2) is 30.3 Å². The smallest absolute Gasteiger partial charge is 0.163 e. The van der Waals surface area contributed by atoms with Crippen molar-refractivity contribution in [1.82, 2.24) is 5.32 Å². The molecule has 1 aromatic carbocycles. The molecule has 16 heavy (non-hydrogen) atoms. The third-order valence-electron chi connectivity index (χ3n) is 2.89. The molecule has 0 aromatic heterocycles. The molecule has 1 aliphatic rings. The van der Waals surface area contributed by atoms with Gasteiger partial charge in [-0.15, -0.1) is 0 Å². The van der Waals surface area contributed by atoms with Crippen LogP contribution in [0.25, 0.3) is 0 Å². The van der Waals surface area contributed by atoms with E-state index in [1.165, 1.54) is 5.56 Å². The van der Waals surface area contributed by atoms with Gasteiger partial charge in [-0.05, 0) is 26.5 Å². The summed E-state index contributed by atoms with van der Waals surface area (Å²) in [6, 6.07) is 10.5. The zero-order chi connectivity index (χ0) is 11.6.